The summed E-state index contributed by atoms with van der Waals surface area (Å²) in [6.45, 7) is 4.78. The number of anilines is 1. The monoisotopic (exact) mass is 329 g/mol. The first-order chi connectivity index (χ1) is 9.35. The van der Waals surface area contributed by atoms with Crippen LogP contribution < -0.4 is 4.90 Å². The van der Waals surface area contributed by atoms with E-state index in [1.807, 2.05) is 41.8 Å². The molecule has 1 aliphatic heterocycles. The molecule has 0 N–H and O–H groups in total. The standard InChI is InChI=1S/C15H17Cl2NOS/c1-10-7-8-18(11-5-3-4-6-12(11)20-10)13(19)14(2)9-15(14,16)17/h3-6,10H,7-9H2,1-2H3/t10-,14-/m1/s1. The molecule has 0 aromatic heterocycles. The topological polar surface area (TPSA) is 20.3 Å². The predicted octanol–water partition coefficient (Wildman–Crippen LogP) is 4.49. The number of hydrogen-bond acceptors (Lipinski definition) is 2. The van der Waals surface area contributed by atoms with Gasteiger partial charge in [0.05, 0.1) is 11.1 Å². The average Bonchev–Trinajstić information content (AvgIpc) is 2.96. The van der Waals surface area contributed by atoms with Crippen molar-refractivity contribution in [1.82, 2.24) is 0 Å². The lowest BCUT2D eigenvalue weighted by atomic mass is 10.1. The number of thioether (sulfide) groups is 1. The Hall–Kier alpha value is -0.380. The molecule has 1 saturated carbocycles. The molecule has 0 bridgehead atoms. The Bertz CT molecular complexity index is 563. The van der Waals surface area contributed by atoms with E-state index in [1.54, 1.807) is 0 Å². The second-order valence-electron chi connectivity index (χ2n) is 5.85. The van der Waals surface area contributed by atoms with Gasteiger partial charge in [0.15, 0.2) is 0 Å². The van der Waals surface area contributed by atoms with Crippen LogP contribution in [0.15, 0.2) is 29.2 Å². The number of carbonyl (C=O) groups excluding carboxylic acids is 1. The Kier molecular flexibility index (Phi) is 3.51. The maximum absolute atomic E-state index is 12.9. The van der Waals surface area contributed by atoms with Crippen molar-refractivity contribution >= 4 is 46.6 Å². The molecule has 20 heavy (non-hydrogen) atoms. The molecule has 3 rings (SSSR count). The van der Waals surface area contributed by atoms with Crippen molar-refractivity contribution in [2.45, 2.75) is 41.2 Å². The van der Waals surface area contributed by atoms with Crippen LogP contribution in [0.3, 0.4) is 0 Å². The number of hydrogen-bond donors (Lipinski definition) is 0. The number of alkyl halides is 2. The summed E-state index contributed by atoms with van der Waals surface area (Å²) in [4.78, 5) is 15.9. The molecule has 1 heterocycles. The van der Waals surface area contributed by atoms with Gasteiger partial charge in [-0.25, -0.2) is 0 Å². The third-order valence-corrected chi connectivity index (χ3v) is 6.56. The molecule has 2 atom stereocenters. The van der Waals surface area contributed by atoms with Crippen LogP contribution in [0.4, 0.5) is 5.69 Å². The third-order valence-electron chi connectivity index (χ3n) is 4.22. The van der Waals surface area contributed by atoms with Gasteiger partial charge in [0.2, 0.25) is 5.91 Å². The molecule has 0 saturated heterocycles. The minimum absolute atomic E-state index is 0.0460. The summed E-state index contributed by atoms with van der Waals surface area (Å²) in [5, 5.41) is 0.498. The van der Waals surface area contributed by atoms with Crippen molar-refractivity contribution in [3.63, 3.8) is 0 Å². The van der Waals surface area contributed by atoms with Crippen LogP contribution in [0.5, 0.6) is 0 Å². The highest BCUT2D eigenvalue weighted by atomic mass is 35.5. The number of para-hydroxylation sites is 1. The summed E-state index contributed by atoms with van der Waals surface area (Å²) in [7, 11) is 0. The minimum atomic E-state index is -0.913. The Morgan fingerprint density at radius 3 is 2.70 bits per heavy atom. The molecule has 0 unspecified atom stereocenters. The normalized spacial score (nSPS) is 31.4. The smallest absolute Gasteiger partial charge is 0.236 e. The lowest BCUT2D eigenvalue weighted by molar-refractivity contribution is -0.123. The van der Waals surface area contributed by atoms with Gasteiger partial charge in [-0.05, 0) is 31.9 Å². The van der Waals surface area contributed by atoms with Crippen LogP contribution in [0.2, 0.25) is 0 Å². The maximum Gasteiger partial charge on any atom is 0.236 e. The lowest BCUT2D eigenvalue weighted by Gasteiger charge is -2.26. The molecular formula is C15H17Cl2NOS. The number of halogens is 2. The second-order valence-corrected chi connectivity index (χ2v) is 8.82. The molecule has 2 aliphatic rings. The molecule has 0 spiro atoms. The Balaban J connectivity index is 1.96. The van der Waals surface area contributed by atoms with E-state index in [0.717, 1.165) is 23.5 Å². The van der Waals surface area contributed by atoms with E-state index >= 15 is 0 Å². The number of amides is 1. The van der Waals surface area contributed by atoms with Crippen molar-refractivity contribution in [2.75, 3.05) is 11.4 Å². The molecule has 0 radical (unpaired) electrons. The summed E-state index contributed by atoms with van der Waals surface area (Å²) < 4.78 is -0.913. The fraction of sp³-hybridized carbons (Fsp3) is 0.533. The molecule has 1 aliphatic carbocycles. The molecular weight excluding hydrogens is 313 g/mol. The van der Waals surface area contributed by atoms with Gasteiger partial charge >= 0.3 is 0 Å². The number of fused-ring (bicyclic) bond motifs is 1. The van der Waals surface area contributed by atoms with Gasteiger partial charge in [-0.2, -0.15) is 0 Å². The van der Waals surface area contributed by atoms with E-state index < -0.39 is 9.75 Å². The number of rotatable bonds is 1. The third kappa shape index (κ3) is 2.24. The summed E-state index contributed by atoms with van der Waals surface area (Å²) in [6.07, 6.45) is 1.50. The van der Waals surface area contributed by atoms with Crippen LogP contribution in [-0.4, -0.2) is 22.0 Å². The number of nitrogens with zero attached hydrogens (tertiary/aromatic N) is 1. The Morgan fingerprint density at radius 2 is 2.05 bits per heavy atom. The minimum Gasteiger partial charge on any atom is -0.311 e. The average molecular weight is 330 g/mol. The highest BCUT2D eigenvalue weighted by molar-refractivity contribution is 8.00. The predicted molar refractivity (Wildman–Crippen MR) is 85.9 cm³/mol. The molecule has 1 fully saturated rings. The van der Waals surface area contributed by atoms with E-state index in [9.17, 15) is 4.79 Å². The molecule has 1 aromatic rings. The van der Waals surface area contributed by atoms with Gasteiger partial charge in [-0.1, -0.05) is 19.1 Å². The summed E-state index contributed by atoms with van der Waals surface area (Å²) in [5.41, 5.74) is 0.339. The Morgan fingerprint density at radius 1 is 1.40 bits per heavy atom. The highest BCUT2D eigenvalue weighted by Crippen LogP contribution is 2.64. The number of benzene rings is 1. The van der Waals surface area contributed by atoms with Crippen molar-refractivity contribution < 1.29 is 4.79 Å². The molecule has 5 heteroatoms. The molecule has 1 amide bonds. The van der Waals surface area contributed by atoms with Crippen molar-refractivity contribution in [1.29, 1.82) is 0 Å². The highest BCUT2D eigenvalue weighted by Gasteiger charge is 2.69. The van der Waals surface area contributed by atoms with Crippen molar-refractivity contribution in [3.8, 4) is 0 Å². The van der Waals surface area contributed by atoms with Gasteiger partial charge in [-0.15, -0.1) is 35.0 Å². The van der Waals surface area contributed by atoms with Crippen molar-refractivity contribution in [3.05, 3.63) is 24.3 Å². The van der Waals surface area contributed by atoms with Crippen LogP contribution >= 0.6 is 35.0 Å². The van der Waals surface area contributed by atoms with E-state index in [4.69, 9.17) is 23.2 Å². The van der Waals surface area contributed by atoms with Gasteiger partial charge < -0.3 is 4.90 Å². The van der Waals surface area contributed by atoms with Crippen LogP contribution in [-0.2, 0) is 4.79 Å². The summed E-state index contributed by atoms with van der Waals surface area (Å²) >= 11 is 14.2. The largest absolute Gasteiger partial charge is 0.311 e. The second kappa shape index (κ2) is 4.82. The first-order valence-corrected chi connectivity index (χ1v) is 8.44. The zero-order valence-corrected chi connectivity index (χ0v) is 13.9. The van der Waals surface area contributed by atoms with E-state index in [1.165, 1.54) is 0 Å². The fourth-order valence-electron chi connectivity index (χ4n) is 2.63. The maximum atomic E-state index is 12.9. The van der Waals surface area contributed by atoms with Crippen LogP contribution in [0, 0.1) is 5.41 Å². The quantitative estimate of drug-likeness (QED) is 0.707. The van der Waals surface area contributed by atoms with Crippen molar-refractivity contribution in [2.24, 2.45) is 5.41 Å². The fourth-order valence-corrected chi connectivity index (χ4v) is 4.44. The first-order valence-electron chi connectivity index (χ1n) is 6.81. The first kappa shape index (κ1) is 14.6. The molecule has 1 aromatic carbocycles. The van der Waals surface area contributed by atoms with Crippen LogP contribution in [0.1, 0.15) is 26.7 Å². The zero-order valence-electron chi connectivity index (χ0n) is 11.5. The number of carbonyl (C=O) groups is 1. The van der Waals surface area contributed by atoms with Gasteiger partial charge in [-0.3, -0.25) is 4.79 Å². The van der Waals surface area contributed by atoms with E-state index in [2.05, 4.69) is 13.0 Å². The van der Waals surface area contributed by atoms with Crippen LogP contribution in [0.25, 0.3) is 0 Å². The summed E-state index contributed by atoms with van der Waals surface area (Å²) in [5.74, 6) is 0.0460. The lowest BCUT2D eigenvalue weighted by Crippen LogP contribution is -2.39. The van der Waals surface area contributed by atoms with Gasteiger partial charge in [0, 0.05) is 16.7 Å². The SMILES string of the molecule is C[C@@H]1CCN(C(=O)[C@@]2(C)CC2(Cl)Cl)c2ccccc2S1. The van der Waals surface area contributed by atoms with Gasteiger partial charge in [0.1, 0.15) is 4.33 Å². The summed E-state index contributed by atoms with van der Waals surface area (Å²) in [6, 6.07) is 8.07. The van der Waals surface area contributed by atoms with Gasteiger partial charge in [0.25, 0.3) is 0 Å². The van der Waals surface area contributed by atoms with E-state index in [0.29, 0.717) is 11.7 Å². The van der Waals surface area contributed by atoms with E-state index in [-0.39, 0.29) is 5.91 Å². The molecule has 2 nitrogen and oxygen atoms in total. The molecule has 108 valence electrons. The zero-order chi connectivity index (χ0) is 14.5. The Labute approximate surface area is 133 Å².